The third kappa shape index (κ3) is 5.62. The number of hydrogen-bond acceptors (Lipinski definition) is 5. The molecule has 0 unspecified atom stereocenters. The highest BCUT2D eigenvalue weighted by Crippen LogP contribution is 2.39. The zero-order valence-corrected chi connectivity index (χ0v) is 16.4. The van der Waals surface area contributed by atoms with E-state index < -0.39 is 5.91 Å². The molecule has 0 saturated carbocycles. The Hall–Kier alpha value is -2.73. The van der Waals surface area contributed by atoms with E-state index in [0.29, 0.717) is 53.2 Å². The molecule has 0 aliphatic heterocycles. The van der Waals surface area contributed by atoms with Crippen LogP contribution in [0.25, 0.3) is 0 Å². The van der Waals surface area contributed by atoms with Gasteiger partial charge in [0.2, 0.25) is 5.75 Å². The Labute approximate surface area is 164 Å². The summed E-state index contributed by atoms with van der Waals surface area (Å²) in [4.78, 5) is 12.5. The molecule has 0 fully saturated rings. The van der Waals surface area contributed by atoms with Gasteiger partial charge in [0.25, 0.3) is 5.91 Å². The lowest BCUT2D eigenvalue weighted by Crippen LogP contribution is -2.18. The molecule has 0 saturated heterocycles. The van der Waals surface area contributed by atoms with Crippen LogP contribution < -0.4 is 19.6 Å². The number of nitrogens with zero attached hydrogens (tertiary/aromatic N) is 1. The third-order valence-corrected chi connectivity index (χ3v) is 3.79. The summed E-state index contributed by atoms with van der Waals surface area (Å²) in [7, 11) is 0. The number of carbonyl (C=O) groups is 1. The van der Waals surface area contributed by atoms with Gasteiger partial charge < -0.3 is 14.2 Å². The van der Waals surface area contributed by atoms with E-state index in [1.165, 1.54) is 6.21 Å². The van der Waals surface area contributed by atoms with Gasteiger partial charge in [0.1, 0.15) is 0 Å². The van der Waals surface area contributed by atoms with Crippen LogP contribution in [0, 0.1) is 0 Å². The first-order valence-electron chi connectivity index (χ1n) is 8.75. The number of benzene rings is 2. The van der Waals surface area contributed by atoms with E-state index in [-0.39, 0.29) is 0 Å². The topological polar surface area (TPSA) is 69.2 Å². The highest BCUT2D eigenvalue weighted by atomic mass is 35.5. The van der Waals surface area contributed by atoms with E-state index in [9.17, 15) is 4.79 Å². The minimum Gasteiger partial charge on any atom is -0.490 e. The third-order valence-electron chi connectivity index (χ3n) is 3.45. The molecule has 0 heterocycles. The van der Waals surface area contributed by atoms with E-state index in [1.54, 1.807) is 24.3 Å². The molecule has 0 atom stereocenters. The molecule has 0 radical (unpaired) electrons. The first-order valence-corrected chi connectivity index (χ1v) is 9.12. The van der Waals surface area contributed by atoms with Crippen molar-refractivity contribution in [3.05, 3.63) is 52.5 Å². The molecule has 144 valence electrons. The molecule has 2 rings (SSSR count). The van der Waals surface area contributed by atoms with Crippen LogP contribution >= 0.6 is 11.6 Å². The molecule has 7 heteroatoms. The molecule has 0 aromatic heterocycles. The van der Waals surface area contributed by atoms with Crippen LogP contribution in [0.3, 0.4) is 0 Å². The Morgan fingerprint density at radius 2 is 1.63 bits per heavy atom. The van der Waals surface area contributed by atoms with Gasteiger partial charge in [0.05, 0.1) is 26.0 Å². The fourth-order valence-corrected chi connectivity index (χ4v) is 2.51. The van der Waals surface area contributed by atoms with Crippen LogP contribution in [0.15, 0.2) is 41.5 Å². The summed E-state index contributed by atoms with van der Waals surface area (Å²) in [5.74, 6) is 0.983. The number of rotatable bonds is 9. The molecule has 0 aliphatic carbocycles. The summed E-state index contributed by atoms with van der Waals surface area (Å²) in [5.41, 5.74) is 3.54. The van der Waals surface area contributed by atoms with Crippen molar-refractivity contribution in [3.8, 4) is 17.2 Å². The smallest absolute Gasteiger partial charge is 0.271 e. The second-order valence-corrected chi connectivity index (χ2v) is 5.73. The number of nitrogens with one attached hydrogen (secondary N) is 1. The molecule has 2 aromatic carbocycles. The maximum absolute atomic E-state index is 12.5. The van der Waals surface area contributed by atoms with Crippen LogP contribution in [-0.4, -0.2) is 31.9 Å². The van der Waals surface area contributed by atoms with Gasteiger partial charge in [-0.25, -0.2) is 5.43 Å². The van der Waals surface area contributed by atoms with Crippen molar-refractivity contribution in [1.29, 1.82) is 0 Å². The summed E-state index contributed by atoms with van der Waals surface area (Å²) in [6.45, 7) is 6.90. The lowest BCUT2D eigenvalue weighted by molar-refractivity contribution is 0.0954. The lowest BCUT2D eigenvalue weighted by Gasteiger charge is -2.16. The summed E-state index contributed by atoms with van der Waals surface area (Å²) < 4.78 is 16.9. The van der Waals surface area contributed by atoms with E-state index in [0.717, 1.165) is 0 Å². The minimum atomic E-state index is -0.400. The first-order chi connectivity index (χ1) is 13.1. The van der Waals surface area contributed by atoms with E-state index in [1.807, 2.05) is 32.9 Å². The Bertz CT molecular complexity index is 781. The molecule has 0 aliphatic rings. The van der Waals surface area contributed by atoms with Gasteiger partial charge in [-0.2, -0.15) is 5.10 Å². The maximum atomic E-state index is 12.5. The van der Waals surface area contributed by atoms with E-state index in [4.69, 9.17) is 25.8 Å². The molecular formula is C20H23ClN2O4. The highest BCUT2D eigenvalue weighted by molar-refractivity contribution is 6.33. The van der Waals surface area contributed by atoms with Crippen LogP contribution in [0.5, 0.6) is 17.2 Å². The quantitative estimate of drug-likeness (QED) is 0.512. The van der Waals surface area contributed by atoms with Crippen molar-refractivity contribution in [2.45, 2.75) is 20.8 Å². The van der Waals surface area contributed by atoms with Crippen molar-refractivity contribution >= 4 is 23.7 Å². The maximum Gasteiger partial charge on any atom is 0.271 e. The first kappa shape index (κ1) is 20.6. The highest BCUT2D eigenvalue weighted by Gasteiger charge is 2.18. The van der Waals surface area contributed by atoms with Crippen molar-refractivity contribution in [3.63, 3.8) is 0 Å². The van der Waals surface area contributed by atoms with Gasteiger partial charge >= 0.3 is 0 Å². The van der Waals surface area contributed by atoms with Gasteiger partial charge in [-0.15, -0.1) is 0 Å². The van der Waals surface area contributed by atoms with Crippen LogP contribution in [0.1, 0.15) is 36.7 Å². The van der Waals surface area contributed by atoms with E-state index >= 15 is 0 Å². The van der Waals surface area contributed by atoms with Crippen LogP contribution in [0.2, 0.25) is 5.02 Å². The second-order valence-electron chi connectivity index (χ2n) is 5.32. The van der Waals surface area contributed by atoms with Crippen molar-refractivity contribution in [2.24, 2.45) is 5.10 Å². The molecule has 0 bridgehead atoms. The average Bonchev–Trinajstić information content (AvgIpc) is 2.66. The SMILES string of the molecule is CCOc1cc(C(=O)N/N=C\c2ccccc2Cl)cc(OCC)c1OCC. The largest absolute Gasteiger partial charge is 0.490 e. The van der Waals surface area contributed by atoms with Gasteiger partial charge in [-0.3, -0.25) is 4.79 Å². The normalized spacial score (nSPS) is 10.7. The zero-order chi connectivity index (χ0) is 19.6. The van der Waals surface area contributed by atoms with Gasteiger partial charge in [-0.05, 0) is 39.0 Å². The lowest BCUT2D eigenvalue weighted by atomic mass is 10.1. The molecule has 0 spiro atoms. The summed E-state index contributed by atoms with van der Waals surface area (Å²) in [5, 5.41) is 4.52. The molecule has 1 N–H and O–H groups in total. The number of hydrogen-bond donors (Lipinski definition) is 1. The Kier molecular flexibility index (Phi) is 7.95. The standard InChI is InChI=1S/C20H23ClN2O4/c1-4-25-17-11-15(12-18(26-5-2)19(17)27-6-3)20(24)23-22-13-14-9-7-8-10-16(14)21/h7-13H,4-6H2,1-3H3,(H,23,24)/b22-13-. The van der Waals surface area contributed by atoms with Gasteiger partial charge in [0.15, 0.2) is 11.5 Å². The van der Waals surface area contributed by atoms with Crippen molar-refractivity contribution < 1.29 is 19.0 Å². The Balaban J connectivity index is 2.25. The molecule has 1 amide bonds. The number of amides is 1. The Morgan fingerprint density at radius 1 is 1.04 bits per heavy atom. The van der Waals surface area contributed by atoms with Crippen molar-refractivity contribution in [1.82, 2.24) is 5.43 Å². The van der Waals surface area contributed by atoms with E-state index in [2.05, 4.69) is 10.5 Å². The van der Waals surface area contributed by atoms with Gasteiger partial charge in [0, 0.05) is 16.1 Å². The van der Waals surface area contributed by atoms with Crippen LogP contribution in [0.4, 0.5) is 0 Å². The fourth-order valence-electron chi connectivity index (χ4n) is 2.32. The molecule has 2 aromatic rings. The second kappa shape index (κ2) is 10.4. The Morgan fingerprint density at radius 3 is 2.19 bits per heavy atom. The minimum absolute atomic E-state index is 0.349. The number of ether oxygens (including phenoxy) is 3. The van der Waals surface area contributed by atoms with Crippen LogP contribution in [-0.2, 0) is 0 Å². The molecule has 27 heavy (non-hydrogen) atoms. The predicted octanol–water partition coefficient (Wildman–Crippen LogP) is 4.30. The fraction of sp³-hybridized carbons (Fsp3) is 0.300. The molecular weight excluding hydrogens is 368 g/mol. The van der Waals surface area contributed by atoms with Gasteiger partial charge in [-0.1, -0.05) is 29.8 Å². The predicted molar refractivity (Wildman–Crippen MR) is 106 cm³/mol. The summed E-state index contributed by atoms with van der Waals surface area (Å²) >= 11 is 6.06. The average molecular weight is 391 g/mol. The number of halogens is 1. The molecule has 6 nitrogen and oxygen atoms in total. The number of hydrazone groups is 1. The summed E-state index contributed by atoms with van der Waals surface area (Å²) in [6.07, 6.45) is 1.49. The monoisotopic (exact) mass is 390 g/mol. The van der Waals surface area contributed by atoms with Crippen molar-refractivity contribution in [2.75, 3.05) is 19.8 Å². The zero-order valence-electron chi connectivity index (χ0n) is 15.6. The number of carbonyl (C=O) groups excluding carboxylic acids is 1. The summed E-state index contributed by atoms with van der Waals surface area (Å²) in [6, 6.07) is 10.4.